The number of rotatable bonds is 5. The molecule has 0 atom stereocenters. The number of aryl methyl sites for hydroxylation is 1. The van der Waals surface area contributed by atoms with Crippen molar-refractivity contribution in [2.45, 2.75) is 19.9 Å². The number of benzene rings is 1. The van der Waals surface area contributed by atoms with Crippen LogP contribution < -0.4 is 15.3 Å². The summed E-state index contributed by atoms with van der Waals surface area (Å²) in [7, 11) is 0. The Hall–Kier alpha value is -1.75. The van der Waals surface area contributed by atoms with Crippen LogP contribution in [0.15, 0.2) is 34.4 Å². The van der Waals surface area contributed by atoms with Gasteiger partial charge in [-0.2, -0.15) is 0 Å². The lowest BCUT2D eigenvalue weighted by Crippen LogP contribution is -2.16. The summed E-state index contributed by atoms with van der Waals surface area (Å²) in [6.07, 6.45) is 0.784. The summed E-state index contributed by atoms with van der Waals surface area (Å²) >= 11 is 1.23. The standard InChI is InChI=1S/C13H16N2O2S/c1-10-9-18-13(16)15(10)7-4-8-17-12-6-3-2-5-11(12)14/h2-3,5-6,9H,4,7-8,14H2,1H3. The lowest BCUT2D eigenvalue weighted by Gasteiger charge is -2.09. The zero-order valence-corrected chi connectivity index (χ0v) is 11.1. The average molecular weight is 264 g/mol. The van der Waals surface area contributed by atoms with E-state index >= 15 is 0 Å². The number of thiazole rings is 1. The molecule has 0 spiro atoms. The van der Waals surface area contributed by atoms with Gasteiger partial charge in [0.15, 0.2) is 0 Å². The molecule has 1 aromatic heterocycles. The molecule has 1 heterocycles. The zero-order valence-electron chi connectivity index (χ0n) is 10.3. The van der Waals surface area contributed by atoms with Gasteiger partial charge in [0.05, 0.1) is 12.3 Å². The molecule has 0 aliphatic carbocycles. The van der Waals surface area contributed by atoms with Crippen molar-refractivity contribution in [3.63, 3.8) is 0 Å². The van der Waals surface area contributed by atoms with Crippen LogP contribution in [0.2, 0.25) is 0 Å². The maximum absolute atomic E-state index is 11.5. The van der Waals surface area contributed by atoms with Crippen LogP contribution in [0.4, 0.5) is 5.69 Å². The number of nitrogens with zero attached hydrogens (tertiary/aromatic N) is 1. The van der Waals surface area contributed by atoms with Crippen molar-refractivity contribution >= 4 is 17.0 Å². The third-order valence-electron chi connectivity index (χ3n) is 2.68. The Morgan fingerprint density at radius 3 is 2.83 bits per heavy atom. The van der Waals surface area contributed by atoms with E-state index in [-0.39, 0.29) is 4.87 Å². The van der Waals surface area contributed by atoms with Gasteiger partial charge in [0.1, 0.15) is 5.75 Å². The van der Waals surface area contributed by atoms with Crippen LogP contribution in [-0.2, 0) is 6.54 Å². The number of aromatic nitrogens is 1. The second-order valence-electron chi connectivity index (χ2n) is 4.03. The largest absolute Gasteiger partial charge is 0.491 e. The quantitative estimate of drug-likeness (QED) is 0.665. The van der Waals surface area contributed by atoms with Gasteiger partial charge in [0.2, 0.25) is 0 Å². The highest BCUT2D eigenvalue weighted by atomic mass is 32.1. The molecule has 0 fully saturated rings. The van der Waals surface area contributed by atoms with E-state index in [1.54, 1.807) is 4.57 Å². The van der Waals surface area contributed by atoms with Crippen molar-refractivity contribution in [3.8, 4) is 5.75 Å². The highest BCUT2D eigenvalue weighted by Gasteiger charge is 2.02. The Morgan fingerprint density at radius 1 is 1.39 bits per heavy atom. The number of anilines is 1. The van der Waals surface area contributed by atoms with Gasteiger partial charge < -0.3 is 15.0 Å². The molecule has 0 saturated heterocycles. The van der Waals surface area contributed by atoms with Gasteiger partial charge in [-0.25, -0.2) is 0 Å². The van der Waals surface area contributed by atoms with Crippen molar-refractivity contribution < 1.29 is 4.74 Å². The Balaban J connectivity index is 1.84. The molecule has 18 heavy (non-hydrogen) atoms. The molecule has 5 heteroatoms. The number of hydrogen-bond donors (Lipinski definition) is 1. The first-order valence-corrected chi connectivity index (χ1v) is 6.68. The van der Waals surface area contributed by atoms with E-state index in [1.165, 1.54) is 11.3 Å². The van der Waals surface area contributed by atoms with Gasteiger partial charge in [-0.3, -0.25) is 4.79 Å². The minimum Gasteiger partial charge on any atom is -0.491 e. The number of para-hydroxylation sites is 2. The van der Waals surface area contributed by atoms with E-state index in [1.807, 2.05) is 36.6 Å². The van der Waals surface area contributed by atoms with Crippen LogP contribution in [-0.4, -0.2) is 11.2 Å². The summed E-state index contributed by atoms with van der Waals surface area (Å²) in [5.41, 5.74) is 7.41. The monoisotopic (exact) mass is 264 g/mol. The van der Waals surface area contributed by atoms with Crippen molar-refractivity contribution in [1.82, 2.24) is 4.57 Å². The summed E-state index contributed by atoms with van der Waals surface area (Å²) < 4.78 is 7.34. The summed E-state index contributed by atoms with van der Waals surface area (Å²) in [5, 5.41) is 1.87. The lowest BCUT2D eigenvalue weighted by molar-refractivity contribution is 0.302. The third kappa shape index (κ3) is 2.92. The first-order valence-electron chi connectivity index (χ1n) is 5.80. The smallest absolute Gasteiger partial charge is 0.307 e. The fraction of sp³-hybridized carbons (Fsp3) is 0.308. The van der Waals surface area contributed by atoms with E-state index in [2.05, 4.69) is 0 Å². The molecule has 0 aliphatic rings. The van der Waals surface area contributed by atoms with Gasteiger partial charge in [0.25, 0.3) is 0 Å². The molecule has 0 amide bonds. The molecule has 0 aliphatic heterocycles. The van der Waals surface area contributed by atoms with Gasteiger partial charge in [-0.1, -0.05) is 23.5 Å². The van der Waals surface area contributed by atoms with Crippen LogP contribution >= 0.6 is 11.3 Å². The Bertz CT molecular complexity index is 574. The van der Waals surface area contributed by atoms with Crippen LogP contribution in [0, 0.1) is 6.92 Å². The first kappa shape index (κ1) is 12.7. The van der Waals surface area contributed by atoms with E-state index in [9.17, 15) is 4.79 Å². The molecule has 2 N–H and O–H groups in total. The zero-order chi connectivity index (χ0) is 13.0. The van der Waals surface area contributed by atoms with Gasteiger partial charge in [-0.05, 0) is 25.5 Å². The Morgan fingerprint density at radius 2 is 2.17 bits per heavy atom. The SMILES string of the molecule is Cc1csc(=O)n1CCCOc1ccccc1N. The van der Waals surface area contributed by atoms with E-state index in [0.717, 1.165) is 12.1 Å². The van der Waals surface area contributed by atoms with E-state index in [4.69, 9.17) is 10.5 Å². The molecule has 2 rings (SSSR count). The summed E-state index contributed by atoms with van der Waals surface area (Å²) in [6.45, 7) is 3.17. The van der Waals surface area contributed by atoms with E-state index in [0.29, 0.717) is 24.6 Å². The van der Waals surface area contributed by atoms with Crippen molar-refractivity contribution in [1.29, 1.82) is 0 Å². The predicted octanol–water partition coefficient (Wildman–Crippen LogP) is 2.27. The van der Waals surface area contributed by atoms with E-state index < -0.39 is 0 Å². The minimum atomic E-state index is 0.0896. The maximum Gasteiger partial charge on any atom is 0.307 e. The fourth-order valence-electron chi connectivity index (χ4n) is 1.69. The van der Waals surface area contributed by atoms with Crippen LogP contribution in [0.3, 0.4) is 0 Å². The lowest BCUT2D eigenvalue weighted by atomic mass is 10.3. The van der Waals surface area contributed by atoms with Gasteiger partial charge in [-0.15, -0.1) is 0 Å². The molecule has 0 radical (unpaired) electrons. The van der Waals surface area contributed by atoms with Crippen molar-refractivity contribution in [2.75, 3.05) is 12.3 Å². The molecule has 4 nitrogen and oxygen atoms in total. The molecular formula is C13H16N2O2S. The van der Waals surface area contributed by atoms with Crippen LogP contribution in [0.25, 0.3) is 0 Å². The normalized spacial score (nSPS) is 10.5. The maximum atomic E-state index is 11.5. The topological polar surface area (TPSA) is 57.2 Å². The highest BCUT2D eigenvalue weighted by molar-refractivity contribution is 7.07. The number of nitrogens with two attached hydrogens (primary N) is 1. The van der Waals surface area contributed by atoms with Crippen molar-refractivity contribution in [3.05, 3.63) is 45.0 Å². The molecule has 2 aromatic rings. The van der Waals surface area contributed by atoms with Crippen LogP contribution in [0.5, 0.6) is 5.75 Å². The summed E-state index contributed by atoms with van der Waals surface area (Å²) in [5.74, 6) is 0.701. The molecule has 1 aromatic carbocycles. The highest BCUT2D eigenvalue weighted by Crippen LogP contribution is 2.19. The summed E-state index contributed by atoms with van der Waals surface area (Å²) in [6, 6.07) is 7.41. The number of nitrogen functional groups attached to an aromatic ring is 1. The molecule has 0 unspecified atom stereocenters. The molecule has 0 saturated carbocycles. The average Bonchev–Trinajstić information content (AvgIpc) is 2.67. The second-order valence-corrected chi connectivity index (χ2v) is 4.86. The fourth-order valence-corrected chi connectivity index (χ4v) is 2.45. The summed E-state index contributed by atoms with van der Waals surface area (Å²) in [4.78, 5) is 11.6. The number of ether oxygens (including phenoxy) is 1. The first-order chi connectivity index (χ1) is 8.68. The predicted molar refractivity (Wildman–Crippen MR) is 74.3 cm³/mol. The second kappa shape index (κ2) is 5.73. The third-order valence-corrected chi connectivity index (χ3v) is 3.56. The van der Waals surface area contributed by atoms with Crippen molar-refractivity contribution in [2.24, 2.45) is 0 Å². The number of hydrogen-bond acceptors (Lipinski definition) is 4. The Kier molecular flexibility index (Phi) is 4.04. The van der Waals surface area contributed by atoms with Gasteiger partial charge >= 0.3 is 4.87 Å². The minimum absolute atomic E-state index is 0.0896. The molecular weight excluding hydrogens is 248 g/mol. The van der Waals surface area contributed by atoms with Gasteiger partial charge in [0, 0.05) is 17.6 Å². The molecule has 96 valence electrons. The Labute approximate surface area is 110 Å². The molecule has 0 bridgehead atoms. The van der Waals surface area contributed by atoms with Crippen LogP contribution in [0.1, 0.15) is 12.1 Å².